The molecule has 0 aromatic heterocycles. The van der Waals surface area contributed by atoms with Gasteiger partial charge in [-0.05, 0) is 19.4 Å². The molecule has 0 radical (unpaired) electrons. The molecule has 1 unspecified atom stereocenters. The van der Waals surface area contributed by atoms with E-state index in [1.54, 1.807) is 0 Å². The molecule has 0 saturated carbocycles. The monoisotopic (exact) mass is 207 g/mol. The van der Waals surface area contributed by atoms with E-state index in [1.165, 1.54) is 6.26 Å². The first-order valence-electron chi connectivity index (χ1n) is 4.57. The van der Waals surface area contributed by atoms with E-state index in [1.807, 2.05) is 0 Å². The Morgan fingerprint density at radius 1 is 1.54 bits per heavy atom. The highest BCUT2D eigenvalue weighted by atomic mass is 32.2. The van der Waals surface area contributed by atoms with E-state index in [4.69, 9.17) is 4.74 Å². The number of nitrogens with one attached hydrogen (secondary N) is 1. The zero-order valence-corrected chi connectivity index (χ0v) is 8.77. The Bertz CT molecular complexity index is 232. The van der Waals surface area contributed by atoms with Gasteiger partial charge in [0.15, 0.2) is 0 Å². The summed E-state index contributed by atoms with van der Waals surface area (Å²) in [6, 6.07) is 0.430. The average Bonchev–Trinajstić information content (AvgIpc) is 2.48. The maximum atomic E-state index is 10.8. The van der Waals surface area contributed by atoms with E-state index in [-0.39, 0.29) is 5.75 Å². The van der Waals surface area contributed by atoms with Crippen molar-refractivity contribution < 1.29 is 13.2 Å². The highest BCUT2D eigenvalue weighted by Crippen LogP contribution is 2.02. The van der Waals surface area contributed by atoms with Crippen LogP contribution >= 0.6 is 0 Å². The molecule has 1 atom stereocenters. The molecule has 0 aliphatic carbocycles. The summed E-state index contributed by atoms with van der Waals surface area (Å²) in [7, 11) is -2.79. The van der Waals surface area contributed by atoms with Gasteiger partial charge in [0.2, 0.25) is 0 Å². The first-order valence-corrected chi connectivity index (χ1v) is 6.63. The molecule has 0 spiro atoms. The summed E-state index contributed by atoms with van der Waals surface area (Å²) in [4.78, 5) is 0. The minimum absolute atomic E-state index is 0.271. The van der Waals surface area contributed by atoms with Crippen LogP contribution in [0, 0.1) is 0 Å². The van der Waals surface area contributed by atoms with Crippen LogP contribution in [0.1, 0.15) is 12.8 Å². The second-order valence-electron chi connectivity index (χ2n) is 3.50. The summed E-state index contributed by atoms with van der Waals surface area (Å²) in [5.74, 6) is 0.271. The lowest BCUT2D eigenvalue weighted by atomic mass is 10.2. The van der Waals surface area contributed by atoms with Crippen molar-refractivity contribution in [2.24, 2.45) is 0 Å². The molecular weight excluding hydrogens is 190 g/mol. The molecule has 1 aliphatic heterocycles. The third-order valence-corrected chi connectivity index (χ3v) is 3.08. The standard InChI is InChI=1S/C8H17NO3S/c1-13(10,11)6-2-4-9-8-3-5-12-7-8/h8-9H,2-7H2,1H3. The normalized spacial score (nSPS) is 23.6. The van der Waals surface area contributed by atoms with Crippen molar-refractivity contribution in [3.63, 3.8) is 0 Å². The Kier molecular flexibility index (Phi) is 4.15. The largest absolute Gasteiger partial charge is 0.380 e. The van der Waals surface area contributed by atoms with Crippen LogP contribution in [0.3, 0.4) is 0 Å². The molecule has 0 amide bonds. The van der Waals surface area contributed by atoms with Crippen LogP contribution in [0.5, 0.6) is 0 Å². The van der Waals surface area contributed by atoms with Crippen LogP contribution < -0.4 is 5.32 Å². The fourth-order valence-corrected chi connectivity index (χ4v) is 2.00. The van der Waals surface area contributed by atoms with E-state index >= 15 is 0 Å². The molecule has 0 bridgehead atoms. The molecular formula is C8H17NO3S. The van der Waals surface area contributed by atoms with Gasteiger partial charge in [-0.15, -0.1) is 0 Å². The summed E-state index contributed by atoms with van der Waals surface area (Å²) >= 11 is 0. The molecule has 0 aromatic rings. The van der Waals surface area contributed by atoms with Crippen LogP contribution in [0.4, 0.5) is 0 Å². The molecule has 1 fully saturated rings. The average molecular weight is 207 g/mol. The highest BCUT2D eigenvalue weighted by Gasteiger charge is 2.14. The molecule has 1 heterocycles. The third kappa shape index (κ3) is 5.23. The highest BCUT2D eigenvalue weighted by molar-refractivity contribution is 7.90. The Morgan fingerprint density at radius 3 is 2.85 bits per heavy atom. The van der Waals surface area contributed by atoms with Crippen molar-refractivity contribution in [1.82, 2.24) is 5.32 Å². The maximum Gasteiger partial charge on any atom is 0.147 e. The van der Waals surface area contributed by atoms with Gasteiger partial charge < -0.3 is 10.1 Å². The number of ether oxygens (including phenoxy) is 1. The fraction of sp³-hybridized carbons (Fsp3) is 1.00. The SMILES string of the molecule is CS(=O)(=O)CCCNC1CCOC1. The lowest BCUT2D eigenvalue weighted by Gasteiger charge is -2.09. The zero-order chi connectivity index (χ0) is 9.73. The number of sulfone groups is 1. The number of rotatable bonds is 5. The quantitative estimate of drug-likeness (QED) is 0.634. The molecule has 13 heavy (non-hydrogen) atoms. The van der Waals surface area contributed by atoms with Crippen LogP contribution in [0.2, 0.25) is 0 Å². The minimum Gasteiger partial charge on any atom is -0.380 e. The summed E-state index contributed by atoms with van der Waals surface area (Å²) in [6.45, 7) is 2.35. The first kappa shape index (κ1) is 10.9. The lowest BCUT2D eigenvalue weighted by molar-refractivity contribution is 0.190. The number of hydrogen-bond acceptors (Lipinski definition) is 4. The molecule has 4 nitrogen and oxygen atoms in total. The van der Waals surface area contributed by atoms with E-state index in [9.17, 15) is 8.42 Å². The van der Waals surface area contributed by atoms with Crippen molar-refractivity contribution in [3.05, 3.63) is 0 Å². The van der Waals surface area contributed by atoms with Gasteiger partial charge in [0.05, 0.1) is 12.4 Å². The van der Waals surface area contributed by atoms with E-state index in [0.29, 0.717) is 12.5 Å². The van der Waals surface area contributed by atoms with E-state index in [0.717, 1.165) is 26.2 Å². The summed E-state index contributed by atoms with van der Waals surface area (Å²) in [5, 5.41) is 3.26. The van der Waals surface area contributed by atoms with Crippen molar-refractivity contribution in [2.45, 2.75) is 18.9 Å². The Balaban J connectivity index is 2.01. The topological polar surface area (TPSA) is 55.4 Å². The van der Waals surface area contributed by atoms with Gasteiger partial charge in [-0.2, -0.15) is 0 Å². The summed E-state index contributed by atoms with van der Waals surface area (Å²) < 4.78 is 26.7. The lowest BCUT2D eigenvalue weighted by Crippen LogP contribution is -2.30. The van der Waals surface area contributed by atoms with Crippen molar-refractivity contribution in [1.29, 1.82) is 0 Å². The molecule has 5 heteroatoms. The van der Waals surface area contributed by atoms with Crippen LogP contribution in [0.25, 0.3) is 0 Å². The third-order valence-electron chi connectivity index (χ3n) is 2.05. The summed E-state index contributed by atoms with van der Waals surface area (Å²) in [6.07, 6.45) is 3.00. The van der Waals surface area contributed by atoms with Crippen molar-refractivity contribution >= 4 is 9.84 Å². The van der Waals surface area contributed by atoms with Gasteiger partial charge in [0, 0.05) is 18.9 Å². The molecule has 1 saturated heterocycles. The van der Waals surface area contributed by atoms with Gasteiger partial charge in [-0.25, -0.2) is 8.42 Å². The molecule has 1 aliphatic rings. The Hall–Kier alpha value is -0.130. The Morgan fingerprint density at radius 2 is 2.31 bits per heavy atom. The molecule has 0 aromatic carbocycles. The maximum absolute atomic E-state index is 10.8. The predicted molar refractivity (Wildman–Crippen MR) is 51.6 cm³/mol. The van der Waals surface area contributed by atoms with Crippen molar-refractivity contribution in [3.8, 4) is 0 Å². The summed E-state index contributed by atoms with van der Waals surface area (Å²) in [5.41, 5.74) is 0. The van der Waals surface area contributed by atoms with Gasteiger partial charge in [-0.1, -0.05) is 0 Å². The van der Waals surface area contributed by atoms with Crippen LogP contribution in [-0.2, 0) is 14.6 Å². The smallest absolute Gasteiger partial charge is 0.147 e. The van der Waals surface area contributed by atoms with Crippen molar-refractivity contribution in [2.75, 3.05) is 31.8 Å². The Labute approximate surface area is 79.6 Å². The van der Waals surface area contributed by atoms with Crippen LogP contribution in [0.15, 0.2) is 0 Å². The zero-order valence-electron chi connectivity index (χ0n) is 7.95. The van der Waals surface area contributed by atoms with Crippen LogP contribution in [-0.4, -0.2) is 46.2 Å². The second kappa shape index (κ2) is 4.93. The minimum atomic E-state index is -2.79. The van der Waals surface area contributed by atoms with Gasteiger partial charge in [0.25, 0.3) is 0 Å². The van der Waals surface area contributed by atoms with Gasteiger partial charge in [0.1, 0.15) is 9.84 Å². The van der Waals surface area contributed by atoms with Gasteiger partial charge >= 0.3 is 0 Å². The second-order valence-corrected chi connectivity index (χ2v) is 5.76. The van der Waals surface area contributed by atoms with E-state index in [2.05, 4.69) is 5.32 Å². The molecule has 78 valence electrons. The number of hydrogen-bond donors (Lipinski definition) is 1. The van der Waals surface area contributed by atoms with E-state index < -0.39 is 9.84 Å². The molecule has 1 rings (SSSR count). The molecule has 1 N–H and O–H groups in total. The predicted octanol–water partition coefficient (Wildman–Crippen LogP) is -0.200. The fourth-order valence-electron chi connectivity index (χ4n) is 1.34. The first-order chi connectivity index (χ1) is 6.08. The van der Waals surface area contributed by atoms with Gasteiger partial charge in [-0.3, -0.25) is 0 Å².